The Morgan fingerprint density at radius 3 is 2.40 bits per heavy atom. The number of hydrogen-bond acceptors (Lipinski definition) is 3. The normalized spacial score (nSPS) is 10.2. The summed E-state index contributed by atoms with van der Waals surface area (Å²) in [6.45, 7) is 4.01. The van der Waals surface area contributed by atoms with E-state index in [-0.39, 0.29) is 5.91 Å². The molecule has 0 heterocycles. The molecule has 0 saturated heterocycles. The van der Waals surface area contributed by atoms with E-state index in [4.69, 9.17) is 5.84 Å². The quantitative estimate of drug-likeness (QED) is 0.590. The molecule has 0 aromatic heterocycles. The topological polar surface area (TPSA) is 67.2 Å². The molecule has 0 bridgehead atoms. The monoisotopic (exact) mass is 269 g/mol. The Labute approximate surface area is 119 Å². The van der Waals surface area contributed by atoms with Gasteiger partial charge in [-0.2, -0.15) is 0 Å². The van der Waals surface area contributed by atoms with Crippen molar-refractivity contribution in [1.29, 1.82) is 0 Å². The van der Waals surface area contributed by atoms with Gasteiger partial charge in [-0.3, -0.25) is 10.6 Å². The maximum Gasteiger partial charge on any atom is 0.255 e. The molecule has 0 atom stereocenters. The Morgan fingerprint density at radius 2 is 1.85 bits per heavy atom. The van der Waals surface area contributed by atoms with Crippen LogP contribution in [0.15, 0.2) is 42.5 Å². The van der Waals surface area contributed by atoms with E-state index in [0.717, 1.165) is 23.4 Å². The third kappa shape index (κ3) is 3.16. The molecule has 4 N–H and O–H groups in total. The summed E-state index contributed by atoms with van der Waals surface area (Å²) in [7, 11) is 0. The van der Waals surface area contributed by atoms with Crippen LogP contribution in [0.2, 0.25) is 0 Å². The second-order valence-electron chi connectivity index (χ2n) is 4.68. The third-order valence-corrected chi connectivity index (χ3v) is 3.26. The number of aryl methyl sites for hydroxylation is 2. The van der Waals surface area contributed by atoms with Gasteiger partial charge in [0.1, 0.15) is 0 Å². The molecule has 0 spiro atoms. The lowest BCUT2D eigenvalue weighted by Crippen LogP contribution is -2.13. The molecule has 20 heavy (non-hydrogen) atoms. The molecule has 0 unspecified atom stereocenters. The van der Waals surface area contributed by atoms with Crippen molar-refractivity contribution in [1.82, 2.24) is 0 Å². The average molecular weight is 269 g/mol. The zero-order valence-electron chi connectivity index (χ0n) is 11.7. The largest absolute Gasteiger partial charge is 0.324 e. The van der Waals surface area contributed by atoms with Crippen LogP contribution >= 0.6 is 0 Å². The number of hydrogen-bond donors (Lipinski definition) is 3. The summed E-state index contributed by atoms with van der Waals surface area (Å²) in [5, 5.41) is 2.88. The van der Waals surface area contributed by atoms with Crippen molar-refractivity contribution in [3.8, 4) is 0 Å². The van der Waals surface area contributed by atoms with E-state index in [1.807, 2.05) is 37.3 Å². The maximum absolute atomic E-state index is 12.2. The van der Waals surface area contributed by atoms with Crippen LogP contribution in [0.4, 0.5) is 11.4 Å². The van der Waals surface area contributed by atoms with Gasteiger partial charge in [-0.05, 0) is 54.8 Å². The smallest absolute Gasteiger partial charge is 0.255 e. The molecule has 2 rings (SSSR count). The highest BCUT2D eigenvalue weighted by Gasteiger charge is 2.07. The number of carbonyl (C=O) groups excluding carboxylic acids is 1. The zero-order chi connectivity index (χ0) is 14.5. The molecule has 0 radical (unpaired) electrons. The van der Waals surface area contributed by atoms with Crippen molar-refractivity contribution in [2.75, 3.05) is 10.7 Å². The van der Waals surface area contributed by atoms with E-state index in [1.165, 1.54) is 5.56 Å². The van der Waals surface area contributed by atoms with Gasteiger partial charge < -0.3 is 10.7 Å². The summed E-state index contributed by atoms with van der Waals surface area (Å²) in [6, 6.07) is 13.2. The first kappa shape index (κ1) is 14.1. The number of nitrogen functional groups attached to an aromatic ring is 1. The lowest BCUT2D eigenvalue weighted by Gasteiger charge is -2.09. The van der Waals surface area contributed by atoms with E-state index >= 15 is 0 Å². The van der Waals surface area contributed by atoms with Gasteiger partial charge in [0.05, 0.1) is 5.69 Å². The Morgan fingerprint density at radius 1 is 1.15 bits per heavy atom. The molecular formula is C16H19N3O. The average Bonchev–Trinajstić information content (AvgIpc) is 2.48. The van der Waals surface area contributed by atoms with Crippen molar-refractivity contribution in [3.05, 3.63) is 59.2 Å². The van der Waals surface area contributed by atoms with Gasteiger partial charge in [0.15, 0.2) is 0 Å². The second kappa shape index (κ2) is 6.21. The molecule has 4 nitrogen and oxygen atoms in total. The van der Waals surface area contributed by atoms with Gasteiger partial charge in [-0.25, -0.2) is 0 Å². The van der Waals surface area contributed by atoms with Crippen LogP contribution in [-0.4, -0.2) is 5.91 Å². The summed E-state index contributed by atoms with van der Waals surface area (Å²) in [4.78, 5) is 12.2. The van der Waals surface area contributed by atoms with Crippen LogP contribution in [0.25, 0.3) is 0 Å². The maximum atomic E-state index is 12.2. The van der Waals surface area contributed by atoms with Crippen LogP contribution < -0.4 is 16.6 Å². The summed E-state index contributed by atoms with van der Waals surface area (Å²) < 4.78 is 0. The number of carbonyl (C=O) groups is 1. The SMILES string of the molecule is CCc1ccc(NC(=O)c2ccc(NN)c(C)c2)cc1. The van der Waals surface area contributed by atoms with Crippen molar-refractivity contribution >= 4 is 17.3 Å². The van der Waals surface area contributed by atoms with Crippen molar-refractivity contribution in [2.24, 2.45) is 5.84 Å². The number of anilines is 2. The molecule has 2 aromatic carbocycles. The van der Waals surface area contributed by atoms with Gasteiger partial charge in [0.25, 0.3) is 5.91 Å². The summed E-state index contributed by atoms with van der Waals surface area (Å²) in [5.41, 5.74) is 6.99. The lowest BCUT2D eigenvalue weighted by molar-refractivity contribution is 0.102. The number of amides is 1. The van der Waals surface area contributed by atoms with Gasteiger partial charge in [0.2, 0.25) is 0 Å². The predicted octanol–water partition coefficient (Wildman–Crippen LogP) is 3.10. The fourth-order valence-electron chi connectivity index (χ4n) is 1.99. The van der Waals surface area contributed by atoms with Crippen LogP contribution in [0.3, 0.4) is 0 Å². The highest BCUT2D eigenvalue weighted by atomic mass is 16.1. The van der Waals surface area contributed by atoms with Crippen LogP contribution in [-0.2, 0) is 6.42 Å². The van der Waals surface area contributed by atoms with Crippen LogP contribution in [0.1, 0.15) is 28.4 Å². The number of nitrogens with one attached hydrogen (secondary N) is 2. The highest BCUT2D eigenvalue weighted by Crippen LogP contribution is 2.17. The second-order valence-corrected chi connectivity index (χ2v) is 4.68. The standard InChI is InChI=1S/C16H19N3O/c1-3-12-4-7-14(8-5-12)18-16(20)13-6-9-15(19-17)11(2)10-13/h4-10,19H,3,17H2,1-2H3,(H,18,20). The summed E-state index contributed by atoms with van der Waals surface area (Å²) in [5.74, 6) is 5.25. The third-order valence-electron chi connectivity index (χ3n) is 3.26. The predicted molar refractivity (Wildman–Crippen MR) is 82.8 cm³/mol. The fraction of sp³-hybridized carbons (Fsp3) is 0.188. The minimum atomic E-state index is -0.124. The molecule has 0 aliphatic heterocycles. The molecule has 2 aromatic rings. The first-order valence-electron chi connectivity index (χ1n) is 6.61. The molecule has 104 valence electrons. The lowest BCUT2D eigenvalue weighted by atomic mass is 10.1. The van der Waals surface area contributed by atoms with E-state index in [0.29, 0.717) is 5.56 Å². The van der Waals surface area contributed by atoms with Gasteiger partial charge in [0, 0.05) is 11.3 Å². The minimum absolute atomic E-state index is 0.124. The molecular weight excluding hydrogens is 250 g/mol. The number of hydrazine groups is 1. The van der Waals surface area contributed by atoms with Crippen molar-refractivity contribution in [3.63, 3.8) is 0 Å². The fourth-order valence-corrected chi connectivity index (χ4v) is 1.99. The minimum Gasteiger partial charge on any atom is -0.324 e. The summed E-state index contributed by atoms with van der Waals surface area (Å²) >= 11 is 0. The molecule has 0 aliphatic rings. The van der Waals surface area contributed by atoms with E-state index in [9.17, 15) is 4.79 Å². The molecule has 0 aliphatic carbocycles. The molecule has 0 saturated carbocycles. The number of nitrogens with two attached hydrogens (primary N) is 1. The van der Waals surface area contributed by atoms with Gasteiger partial charge in [-0.1, -0.05) is 19.1 Å². The van der Waals surface area contributed by atoms with Gasteiger partial charge >= 0.3 is 0 Å². The van der Waals surface area contributed by atoms with Crippen molar-refractivity contribution in [2.45, 2.75) is 20.3 Å². The van der Waals surface area contributed by atoms with Crippen LogP contribution in [0, 0.1) is 6.92 Å². The highest BCUT2D eigenvalue weighted by molar-refractivity contribution is 6.04. The van der Waals surface area contributed by atoms with E-state index < -0.39 is 0 Å². The van der Waals surface area contributed by atoms with Gasteiger partial charge in [-0.15, -0.1) is 0 Å². The Kier molecular flexibility index (Phi) is 4.38. The Hall–Kier alpha value is -2.33. The summed E-state index contributed by atoms with van der Waals surface area (Å²) in [6.07, 6.45) is 0.987. The Bertz CT molecular complexity index is 606. The van der Waals surface area contributed by atoms with E-state index in [2.05, 4.69) is 17.7 Å². The van der Waals surface area contributed by atoms with E-state index in [1.54, 1.807) is 12.1 Å². The number of benzene rings is 2. The first-order chi connectivity index (χ1) is 9.63. The van der Waals surface area contributed by atoms with Crippen molar-refractivity contribution < 1.29 is 4.79 Å². The molecule has 4 heteroatoms. The zero-order valence-corrected chi connectivity index (χ0v) is 11.7. The van der Waals surface area contributed by atoms with Crippen LogP contribution in [0.5, 0.6) is 0 Å². The first-order valence-corrected chi connectivity index (χ1v) is 6.61. The number of rotatable bonds is 4. The Balaban J connectivity index is 2.12. The molecule has 0 fully saturated rings. The molecule has 1 amide bonds.